The third-order valence-corrected chi connectivity index (χ3v) is 5.15. The SMILES string of the molecule is CCN(CCO)S(=O)(=O)c1c(Cl)cccc1Cl. The second-order valence-corrected chi connectivity index (χ2v) is 5.96. The molecule has 0 bridgehead atoms. The van der Waals surface area contributed by atoms with E-state index in [-0.39, 0.29) is 34.6 Å². The maximum Gasteiger partial charge on any atom is 0.246 e. The molecular weight excluding hydrogens is 285 g/mol. The Bertz CT molecular complexity index is 470. The van der Waals surface area contributed by atoms with Crippen molar-refractivity contribution < 1.29 is 13.5 Å². The molecule has 4 nitrogen and oxygen atoms in total. The van der Waals surface area contributed by atoms with Crippen LogP contribution in [0.15, 0.2) is 23.1 Å². The number of halogens is 2. The fraction of sp³-hybridized carbons (Fsp3) is 0.400. The highest BCUT2D eigenvalue weighted by Crippen LogP contribution is 2.31. The van der Waals surface area contributed by atoms with Crippen LogP contribution in [-0.2, 0) is 10.0 Å². The summed E-state index contributed by atoms with van der Waals surface area (Å²) in [7, 11) is -3.77. The number of aliphatic hydroxyl groups is 1. The Labute approximate surface area is 111 Å². The number of benzene rings is 1. The molecule has 0 amide bonds. The van der Waals surface area contributed by atoms with E-state index >= 15 is 0 Å². The van der Waals surface area contributed by atoms with Crippen molar-refractivity contribution in [2.75, 3.05) is 19.7 Å². The topological polar surface area (TPSA) is 57.6 Å². The first kappa shape index (κ1) is 14.7. The summed E-state index contributed by atoms with van der Waals surface area (Å²) in [4.78, 5) is -0.112. The number of rotatable bonds is 5. The molecule has 1 N–H and O–H groups in total. The van der Waals surface area contributed by atoms with Gasteiger partial charge in [-0.3, -0.25) is 0 Å². The molecule has 1 aromatic rings. The molecule has 0 atom stereocenters. The Morgan fingerprint density at radius 2 is 1.82 bits per heavy atom. The highest BCUT2D eigenvalue weighted by molar-refractivity contribution is 7.89. The second-order valence-electron chi connectivity index (χ2n) is 3.27. The van der Waals surface area contributed by atoms with Gasteiger partial charge in [-0.25, -0.2) is 8.42 Å². The fourth-order valence-electron chi connectivity index (χ4n) is 1.42. The molecule has 1 rings (SSSR count). The third kappa shape index (κ3) is 3.11. The summed E-state index contributed by atoms with van der Waals surface area (Å²) in [6.45, 7) is 1.68. The van der Waals surface area contributed by atoms with E-state index < -0.39 is 10.0 Å². The van der Waals surface area contributed by atoms with Gasteiger partial charge in [0.15, 0.2) is 0 Å². The molecular formula is C10H13Cl2NO3S. The number of sulfonamides is 1. The average Bonchev–Trinajstić information content (AvgIpc) is 2.24. The molecule has 7 heteroatoms. The molecule has 0 fully saturated rings. The van der Waals surface area contributed by atoms with Gasteiger partial charge in [0.25, 0.3) is 0 Å². The molecule has 1 aromatic carbocycles. The van der Waals surface area contributed by atoms with E-state index in [1.54, 1.807) is 13.0 Å². The molecule has 0 saturated heterocycles. The Kier molecular flexibility index (Phi) is 5.22. The van der Waals surface area contributed by atoms with Crippen molar-refractivity contribution in [3.8, 4) is 0 Å². The molecule has 0 saturated carbocycles. The van der Waals surface area contributed by atoms with Crippen LogP contribution < -0.4 is 0 Å². The molecule has 0 aliphatic carbocycles. The van der Waals surface area contributed by atoms with E-state index in [2.05, 4.69) is 0 Å². The summed E-state index contributed by atoms with van der Waals surface area (Å²) in [5.41, 5.74) is 0. The van der Waals surface area contributed by atoms with Gasteiger partial charge in [-0.1, -0.05) is 36.2 Å². The van der Waals surface area contributed by atoms with Crippen LogP contribution in [0.4, 0.5) is 0 Å². The van der Waals surface area contributed by atoms with Gasteiger partial charge in [-0.2, -0.15) is 4.31 Å². The van der Waals surface area contributed by atoms with Gasteiger partial charge >= 0.3 is 0 Å². The average molecular weight is 298 g/mol. The zero-order chi connectivity index (χ0) is 13.1. The lowest BCUT2D eigenvalue weighted by Gasteiger charge is -2.20. The van der Waals surface area contributed by atoms with Crippen LogP contribution in [0, 0.1) is 0 Å². The van der Waals surface area contributed by atoms with Crippen LogP contribution >= 0.6 is 23.2 Å². The predicted molar refractivity (Wildman–Crippen MR) is 68.0 cm³/mol. The molecule has 0 aromatic heterocycles. The van der Waals surface area contributed by atoms with Crippen LogP contribution in [-0.4, -0.2) is 37.5 Å². The van der Waals surface area contributed by atoms with Gasteiger partial charge in [0.2, 0.25) is 10.0 Å². The Hall–Kier alpha value is -0.330. The first-order valence-corrected chi connectivity index (χ1v) is 7.19. The minimum Gasteiger partial charge on any atom is -0.395 e. The quantitative estimate of drug-likeness (QED) is 0.904. The Balaban J connectivity index is 3.30. The van der Waals surface area contributed by atoms with E-state index in [1.807, 2.05) is 0 Å². The number of hydrogen-bond donors (Lipinski definition) is 1. The molecule has 17 heavy (non-hydrogen) atoms. The lowest BCUT2D eigenvalue weighted by atomic mass is 10.4. The Morgan fingerprint density at radius 1 is 1.29 bits per heavy atom. The van der Waals surface area contributed by atoms with Gasteiger partial charge < -0.3 is 5.11 Å². The normalized spacial score (nSPS) is 12.1. The van der Waals surface area contributed by atoms with Gasteiger partial charge in [-0.15, -0.1) is 0 Å². The summed E-state index contributed by atoms with van der Waals surface area (Å²) >= 11 is 11.7. The maximum atomic E-state index is 12.2. The number of nitrogens with zero attached hydrogens (tertiary/aromatic N) is 1. The fourth-order valence-corrected chi connectivity index (χ4v) is 3.95. The maximum absolute atomic E-state index is 12.2. The van der Waals surface area contributed by atoms with Gasteiger partial charge in [0, 0.05) is 13.1 Å². The first-order valence-electron chi connectivity index (χ1n) is 5.00. The third-order valence-electron chi connectivity index (χ3n) is 2.22. The minimum atomic E-state index is -3.77. The number of hydrogen-bond acceptors (Lipinski definition) is 3. The first-order chi connectivity index (χ1) is 7.95. The lowest BCUT2D eigenvalue weighted by molar-refractivity contribution is 0.257. The number of likely N-dealkylation sites (N-methyl/N-ethyl adjacent to an activating group) is 1. The summed E-state index contributed by atoms with van der Waals surface area (Å²) < 4.78 is 25.6. The zero-order valence-electron chi connectivity index (χ0n) is 9.23. The highest BCUT2D eigenvalue weighted by Gasteiger charge is 2.27. The molecule has 0 radical (unpaired) electrons. The van der Waals surface area contributed by atoms with Crippen molar-refractivity contribution in [1.29, 1.82) is 0 Å². The van der Waals surface area contributed by atoms with Crippen LogP contribution in [0.2, 0.25) is 10.0 Å². The largest absolute Gasteiger partial charge is 0.395 e. The second kappa shape index (κ2) is 6.02. The van der Waals surface area contributed by atoms with Crippen molar-refractivity contribution in [2.24, 2.45) is 0 Å². The van der Waals surface area contributed by atoms with E-state index in [1.165, 1.54) is 12.1 Å². The van der Waals surface area contributed by atoms with Crippen molar-refractivity contribution in [3.05, 3.63) is 28.2 Å². The van der Waals surface area contributed by atoms with Crippen LogP contribution in [0.1, 0.15) is 6.92 Å². The Morgan fingerprint density at radius 3 is 2.24 bits per heavy atom. The van der Waals surface area contributed by atoms with Crippen molar-refractivity contribution in [1.82, 2.24) is 4.31 Å². The molecule has 0 spiro atoms. The van der Waals surface area contributed by atoms with Crippen LogP contribution in [0.5, 0.6) is 0 Å². The van der Waals surface area contributed by atoms with Crippen molar-refractivity contribution in [2.45, 2.75) is 11.8 Å². The summed E-state index contributed by atoms with van der Waals surface area (Å²) in [5.74, 6) is 0. The highest BCUT2D eigenvalue weighted by atomic mass is 35.5. The molecule has 0 aliphatic heterocycles. The predicted octanol–water partition coefficient (Wildman–Crippen LogP) is 2.00. The standard InChI is InChI=1S/C10H13Cl2NO3S/c1-2-13(6-7-14)17(15,16)10-8(11)4-3-5-9(10)12/h3-5,14H,2,6-7H2,1H3. The molecule has 0 unspecified atom stereocenters. The summed E-state index contributed by atoms with van der Waals surface area (Å²) in [5, 5.41) is 9.00. The van der Waals surface area contributed by atoms with Gasteiger partial charge in [0.1, 0.15) is 4.90 Å². The zero-order valence-corrected chi connectivity index (χ0v) is 11.6. The summed E-state index contributed by atoms with van der Waals surface area (Å²) in [6, 6.07) is 4.51. The van der Waals surface area contributed by atoms with Crippen molar-refractivity contribution in [3.63, 3.8) is 0 Å². The molecule has 0 heterocycles. The minimum absolute atomic E-state index is 0.0143. The van der Waals surface area contributed by atoms with Gasteiger partial charge in [-0.05, 0) is 12.1 Å². The smallest absolute Gasteiger partial charge is 0.246 e. The van der Waals surface area contributed by atoms with E-state index in [4.69, 9.17) is 28.3 Å². The van der Waals surface area contributed by atoms with E-state index in [9.17, 15) is 8.42 Å². The number of aliphatic hydroxyl groups excluding tert-OH is 1. The van der Waals surface area contributed by atoms with Crippen molar-refractivity contribution >= 4 is 33.2 Å². The monoisotopic (exact) mass is 297 g/mol. The van der Waals surface area contributed by atoms with E-state index in [0.29, 0.717) is 0 Å². The lowest BCUT2D eigenvalue weighted by Crippen LogP contribution is -2.33. The van der Waals surface area contributed by atoms with Crippen LogP contribution in [0.25, 0.3) is 0 Å². The van der Waals surface area contributed by atoms with Gasteiger partial charge in [0.05, 0.1) is 16.7 Å². The molecule has 0 aliphatic rings. The van der Waals surface area contributed by atoms with Crippen LogP contribution in [0.3, 0.4) is 0 Å². The van der Waals surface area contributed by atoms with E-state index in [0.717, 1.165) is 4.31 Å². The summed E-state index contributed by atoms with van der Waals surface area (Å²) in [6.07, 6.45) is 0. The molecule has 96 valence electrons.